The molecule has 0 N–H and O–H groups in total. The SMILES string of the molecule is COc1ccc(CCC(=O)N2CCCN(C(=O)c3ccccc3F)CC2)cc1OC. The lowest BCUT2D eigenvalue weighted by molar-refractivity contribution is -0.131. The predicted octanol–water partition coefficient (Wildman–Crippen LogP) is 3.15. The first kappa shape index (κ1) is 21.6. The number of carbonyl (C=O) groups is 2. The molecule has 0 radical (unpaired) electrons. The topological polar surface area (TPSA) is 59.1 Å². The van der Waals surface area contributed by atoms with Crippen LogP contribution < -0.4 is 9.47 Å². The van der Waals surface area contributed by atoms with Crippen LogP contribution in [0.4, 0.5) is 4.39 Å². The van der Waals surface area contributed by atoms with Crippen molar-refractivity contribution >= 4 is 11.8 Å². The van der Waals surface area contributed by atoms with E-state index in [4.69, 9.17) is 9.47 Å². The Morgan fingerprint density at radius 1 is 0.933 bits per heavy atom. The zero-order valence-corrected chi connectivity index (χ0v) is 17.4. The van der Waals surface area contributed by atoms with Gasteiger partial charge in [-0.05, 0) is 42.7 Å². The molecule has 2 aromatic carbocycles. The Labute approximate surface area is 176 Å². The lowest BCUT2D eigenvalue weighted by atomic mass is 10.1. The number of carbonyl (C=O) groups excluding carboxylic acids is 2. The number of benzene rings is 2. The van der Waals surface area contributed by atoms with Crippen molar-refractivity contribution in [3.8, 4) is 11.5 Å². The molecule has 6 nitrogen and oxygen atoms in total. The minimum absolute atomic E-state index is 0.0463. The number of methoxy groups -OCH3 is 2. The average molecular weight is 414 g/mol. The van der Waals surface area contributed by atoms with Crippen LogP contribution in [0.3, 0.4) is 0 Å². The summed E-state index contributed by atoms with van der Waals surface area (Å²) in [7, 11) is 3.17. The van der Waals surface area contributed by atoms with Gasteiger partial charge in [0, 0.05) is 32.6 Å². The maximum atomic E-state index is 13.9. The van der Waals surface area contributed by atoms with Crippen LogP contribution in [0.15, 0.2) is 42.5 Å². The van der Waals surface area contributed by atoms with E-state index in [9.17, 15) is 14.0 Å². The molecule has 1 fully saturated rings. The second kappa shape index (κ2) is 10.1. The van der Waals surface area contributed by atoms with Gasteiger partial charge in [0.05, 0.1) is 19.8 Å². The normalized spacial score (nSPS) is 14.2. The number of halogens is 1. The number of amides is 2. The minimum atomic E-state index is -0.519. The molecule has 0 spiro atoms. The second-order valence-corrected chi connectivity index (χ2v) is 7.20. The Hall–Kier alpha value is -3.09. The van der Waals surface area contributed by atoms with Crippen LogP contribution in [0.2, 0.25) is 0 Å². The van der Waals surface area contributed by atoms with Crippen molar-refractivity contribution in [2.45, 2.75) is 19.3 Å². The summed E-state index contributed by atoms with van der Waals surface area (Å²) in [5.41, 5.74) is 1.07. The molecule has 1 aliphatic rings. The second-order valence-electron chi connectivity index (χ2n) is 7.20. The van der Waals surface area contributed by atoms with Gasteiger partial charge in [-0.15, -0.1) is 0 Å². The van der Waals surface area contributed by atoms with Gasteiger partial charge in [-0.1, -0.05) is 18.2 Å². The van der Waals surface area contributed by atoms with Gasteiger partial charge in [0.1, 0.15) is 5.82 Å². The molecule has 1 saturated heterocycles. The van der Waals surface area contributed by atoms with Crippen LogP contribution in [0, 0.1) is 5.82 Å². The highest BCUT2D eigenvalue weighted by Gasteiger charge is 2.24. The third-order valence-corrected chi connectivity index (χ3v) is 5.32. The Balaban J connectivity index is 1.55. The van der Waals surface area contributed by atoms with E-state index >= 15 is 0 Å². The smallest absolute Gasteiger partial charge is 0.256 e. The van der Waals surface area contributed by atoms with Gasteiger partial charge in [0.2, 0.25) is 5.91 Å². The summed E-state index contributed by atoms with van der Waals surface area (Å²) in [6.45, 7) is 1.94. The summed E-state index contributed by atoms with van der Waals surface area (Å²) in [4.78, 5) is 28.8. The molecular formula is C23H27FN2O4. The highest BCUT2D eigenvalue weighted by Crippen LogP contribution is 2.28. The molecule has 1 aliphatic heterocycles. The third kappa shape index (κ3) is 5.09. The van der Waals surface area contributed by atoms with Crippen LogP contribution in [0.5, 0.6) is 11.5 Å². The van der Waals surface area contributed by atoms with Gasteiger partial charge in [0.15, 0.2) is 11.5 Å². The van der Waals surface area contributed by atoms with Crippen molar-refractivity contribution in [3.63, 3.8) is 0 Å². The third-order valence-electron chi connectivity index (χ3n) is 5.32. The summed E-state index contributed by atoms with van der Waals surface area (Å²) in [5.74, 6) is 0.492. The Morgan fingerprint density at radius 3 is 2.37 bits per heavy atom. The minimum Gasteiger partial charge on any atom is -0.493 e. The predicted molar refractivity (Wildman–Crippen MR) is 111 cm³/mol. The summed E-state index contributed by atoms with van der Waals surface area (Å²) < 4.78 is 24.5. The highest BCUT2D eigenvalue weighted by molar-refractivity contribution is 5.94. The number of hydrogen-bond acceptors (Lipinski definition) is 4. The summed E-state index contributed by atoms with van der Waals surface area (Å²) in [6.07, 6.45) is 1.63. The van der Waals surface area contributed by atoms with Gasteiger partial charge in [-0.25, -0.2) is 4.39 Å². The molecule has 0 saturated carbocycles. The van der Waals surface area contributed by atoms with E-state index in [0.29, 0.717) is 56.9 Å². The number of rotatable bonds is 6. The van der Waals surface area contributed by atoms with Crippen LogP contribution in [-0.2, 0) is 11.2 Å². The van der Waals surface area contributed by atoms with Gasteiger partial charge in [-0.2, -0.15) is 0 Å². The zero-order valence-electron chi connectivity index (χ0n) is 17.4. The zero-order chi connectivity index (χ0) is 21.5. The van der Waals surface area contributed by atoms with Crippen LogP contribution in [0.25, 0.3) is 0 Å². The monoisotopic (exact) mass is 414 g/mol. The maximum Gasteiger partial charge on any atom is 0.256 e. The standard InChI is InChI=1S/C23H27FN2O4/c1-29-20-10-8-17(16-21(20)30-2)9-11-22(27)25-12-5-13-26(15-14-25)23(28)18-6-3-4-7-19(18)24/h3-4,6-8,10,16H,5,9,11-15H2,1-2H3. The summed E-state index contributed by atoms with van der Waals surface area (Å²) in [6, 6.07) is 11.6. The Bertz CT molecular complexity index is 903. The lowest BCUT2D eigenvalue weighted by Crippen LogP contribution is -2.37. The van der Waals surface area contributed by atoms with E-state index < -0.39 is 5.82 Å². The van der Waals surface area contributed by atoms with Crippen molar-refractivity contribution in [2.24, 2.45) is 0 Å². The fraction of sp³-hybridized carbons (Fsp3) is 0.391. The first-order valence-corrected chi connectivity index (χ1v) is 10.1. The van der Waals surface area contributed by atoms with Crippen molar-refractivity contribution < 1.29 is 23.5 Å². The Kier molecular flexibility index (Phi) is 7.27. The fourth-order valence-electron chi connectivity index (χ4n) is 3.62. The highest BCUT2D eigenvalue weighted by atomic mass is 19.1. The number of hydrogen-bond donors (Lipinski definition) is 0. The van der Waals surface area contributed by atoms with E-state index in [-0.39, 0.29) is 17.4 Å². The van der Waals surface area contributed by atoms with Crippen molar-refractivity contribution in [1.82, 2.24) is 9.80 Å². The fourth-order valence-corrected chi connectivity index (χ4v) is 3.62. The van der Waals surface area contributed by atoms with Crippen molar-refractivity contribution in [2.75, 3.05) is 40.4 Å². The molecule has 0 atom stereocenters. The van der Waals surface area contributed by atoms with Crippen LogP contribution in [-0.4, -0.2) is 62.0 Å². The molecule has 3 rings (SSSR count). The van der Waals surface area contributed by atoms with E-state index in [1.807, 2.05) is 18.2 Å². The van der Waals surface area contributed by atoms with Gasteiger partial charge < -0.3 is 19.3 Å². The lowest BCUT2D eigenvalue weighted by Gasteiger charge is -2.22. The molecule has 1 heterocycles. The van der Waals surface area contributed by atoms with E-state index in [2.05, 4.69) is 0 Å². The molecular weight excluding hydrogens is 387 g/mol. The summed E-state index contributed by atoms with van der Waals surface area (Å²) in [5, 5.41) is 0. The van der Waals surface area contributed by atoms with Gasteiger partial charge in [-0.3, -0.25) is 9.59 Å². The molecule has 7 heteroatoms. The van der Waals surface area contributed by atoms with E-state index in [1.165, 1.54) is 12.1 Å². The first-order chi connectivity index (χ1) is 14.5. The van der Waals surface area contributed by atoms with E-state index in [1.54, 1.807) is 36.2 Å². The molecule has 30 heavy (non-hydrogen) atoms. The molecule has 0 aliphatic carbocycles. The van der Waals surface area contributed by atoms with Crippen LogP contribution >= 0.6 is 0 Å². The van der Waals surface area contributed by atoms with Gasteiger partial charge in [0.25, 0.3) is 5.91 Å². The van der Waals surface area contributed by atoms with E-state index in [0.717, 1.165) is 5.56 Å². The number of ether oxygens (including phenoxy) is 2. The summed E-state index contributed by atoms with van der Waals surface area (Å²) >= 11 is 0. The molecule has 160 valence electrons. The maximum absolute atomic E-state index is 13.9. The van der Waals surface area contributed by atoms with Crippen molar-refractivity contribution in [1.29, 1.82) is 0 Å². The van der Waals surface area contributed by atoms with Crippen molar-refractivity contribution in [3.05, 3.63) is 59.4 Å². The Morgan fingerprint density at radius 2 is 1.63 bits per heavy atom. The molecule has 0 bridgehead atoms. The number of nitrogens with zero attached hydrogens (tertiary/aromatic N) is 2. The number of aryl methyl sites for hydroxylation is 1. The van der Waals surface area contributed by atoms with Crippen LogP contribution in [0.1, 0.15) is 28.8 Å². The molecule has 0 aromatic heterocycles. The average Bonchev–Trinajstić information content (AvgIpc) is 3.03. The molecule has 0 unspecified atom stereocenters. The molecule has 2 aromatic rings. The quantitative estimate of drug-likeness (QED) is 0.729. The van der Waals surface area contributed by atoms with Gasteiger partial charge >= 0.3 is 0 Å². The molecule has 2 amide bonds. The largest absolute Gasteiger partial charge is 0.493 e. The first-order valence-electron chi connectivity index (χ1n) is 10.1.